The molecule has 1 aliphatic carbocycles. The normalized spacial score (nSPS) is 15.5. The Hall–Kier alpha value is -1.59. The van der Waals surface area contributed by atoms with E-state index in [0.717, 1.165) is 49.3 Å². The van der Waals surface area contributed by atoms with Crippen molar-refractivity contribution in [2.75, 3.05) is 0 Å². The molecule has 1 N–H and O–H groups in total. The summed E-state index contributed by atoms with van der Waals surface area (Å²) in [6.07, 6.45) is 5.07. The highest BCUT2D eigenvalue weighted by atomic mass is 35.5. The minimum absolute atomic E-state index is 0.0873. The van der Waals surface area contributed by atoms with Gasteiger partial charge in [-0.1, -0.05) is 29.3 Å². The maximum atomic E-state index is 12.5. The second-order valence-electron chi connectivity index (χ2n) is 7.13. The monoisotopic (exact) mass is 394 g/mol. The Morgan fingerprint density at radius 3 is 2.65 bits per heavy atom. The third-order valence-corrected chi connectivity index (χ3v) is 5.58. The molecule has 0 aliphatic heterocycles. The molecule has 140 valence electrons. The van der Waals surface area contributed by atoms with Crippen LogP contribution in [0.25, 0.3) is 0 Å². The highest BCUT2D eigenvalue weighted by Gasteiger charge is 2.38. The van der Waals surface area contributed by atoms with Crippen molar-refractivity contribution in [3.05, 3.63) is 45.5 Å². The molecule has 0 spiro atoms. The van der Waals surface area contributed by atoms with Gasteiger partial charge in [-0.05, 0) is 63.6 Å². The van der Waals surface area contributed by atoms with Gasteiger partial charge in [-0.25, -0.2) is 4.98 Å². The van der Waals surface area contributed by atoms with Crippen LogP contribution in [-0.4, -0.2) is 26.2 Å². The number of aryl methyl sites for hydroxylation is 3. The van der Waals surface area contributed by atoms with Crippen molar-refractivity contribution in [1.29, 1.82) is 0 Å². The predicted molar refractivity (Wildman–Crippen MR) is 104 cm³/mol. The molecule has 1 heterocycles. The average Bonchev–Trinajstić information content (AvgIpc) is 2.85. The number of carbonyl (C=O) groups excluding carboxylic acids is 1. The molecule has 1 fully saturated rings. The molecule has 2 aromatic rings. The molecular weight excluding hydrogens is 371 g/mol. The van der Waals surface area contributed by atoms with Gasteiger partial charge in [0.2, 0.25) is 5.91 Å². The summed E-state index contributed by atoms with van der Waals surface area (Å²) in [5, 5.41) is 8.87. The zero-order chi connectivity index (χ0) is 18.7. The fraction of sp³-hybridized carbons (Fsp3) is 0.526. The fourth-order valence-electron chi connectivity index (χ4n) is 3.50. The van der Waals surface area contributed by atoms with Gasteiger partial charge in [0.15, 0.2) is 0 Å². The molecular formula is C19H24Cl2N4O. The molecule has 1 aromatic carbocycles. The van der Waals surface area contributed by atoms with Crippen LogP contribution in [-0.2, 0) is 17.8 Å². The Morgan fingerprint density at radius 2 is 2.08 bits per heavy atom. The Kier molecular flexibility index (Phi) is 5.88. The van der Waals surface area contributed by atoms with Gasteiger partial charge in [-0.3, -0.25) is 9.48 Å². The highest BCUT2D eigenvalue weighted by Crippen LogP contribution is 2.37. The summed E-state index contributed by atoms with van der Waals surface area (Å²) in [4.78, 5) is 16.7. The highest BCUT2D eigenvalue weighted by molar-refractivity contribution is 6.35. The standard InChI is InChI=1S/C19H24Cl2N4O/c1-13-22-14(2)25(24-13)10-3-5-18(26)23-19(8-4-9-19)12-15-6-7-16(20)11-17(15)21/h6-7,11H,3-5,8-10,12H2,1-2H3,(H,23,26). The van der Waals surface area contributed by atoms with Gasteiger partial charge >= 0.3 is 0 Å². The number of benzene rings is 1. The van der Waals surface area contributed by atoms with Crippen molar-refractivity contribution in [2.45, 2.75) is 64.5 Å². The van der Waals surface area contributed by atoms with Gasteiger partial charge in [0.1, 0.15) is 11.6 Å². The van der Waals surface area contributed by atoms with Crippen LogP contribution in [0.4, 0.5) is 0 Å². The van der Waals surface area contributed by atoms with E-state index in [4.69, 9.17) is 23.2 Å². The van der Waals surface area contributed by atoms with Crippen molar-refractivity contribution in [3.63, 3.8) is 0 Å². The average molecular weight is 395 g/mol. The van der Waals surface area contributed by atoms with Gasteiger partial charge < -0.3 is 5.32 Å². The topological polar surface area (TPSA) is 59.8 Å². The summed E-state index contributed by atoms with van der Waals surface area (Å²) in [6, 6.07) is 5.56. The Labute approximate surface area is 164 Å². The Balaban J connectivity index is 1.53. The lowest BCUT2D eigenvalue weighted by Gasteiger charge is -2.43. The van der Waals surface area contributed by atoms with E-state index in [2.05, 4.69) is 15.4 Å². The van der Waals surface area contributed by atoms with Crippen LogP contribution in [0.2, 0.25) is 10.0 Å². The number of nitrogens with zero attached hydrogens (tertiary/aromatic N) is 3. The molecule has 0 bridgehead atoms. The maximum absolute atomic E-state index is 12.5. The largest absolute Gasteiger partial charge is 0.350 e. The lowest BCUT2D eigenvalue weighted by atomic mass is 9.72. The first-order valence-corrected chi connectivity index (χ1v) is 9.75. The van der Waals surface area contributed by atoms with E-state index in [1.54, 1.807) is 6.07 Å². The smallest absolute Gasteiger partial charge is 0.220 e. The quantitative estimate of drug-likeness (QED) is 0.762. The number of nitrogens with one attached hydrogen (secondary N) is 1. The molecule has 1 aromatic heterocycles. The van der Waals surface area contributed by atoms with Crippen molar-refractivity contribution in [1.82, 2.24) is 20.1 Å². The molecule has 5 nitrogen and oxygen atoms in total. The van der Waals surface area contributed by atoms with E-state index < -0.39 is 0 Å². The van der Waals surface area contributed by atoms with E-state index in [-0.39, 0.29) is 11.4 Å². The van der Waals surface area contributed by atoms with E-state index in [1.165, 1.54) is 0 Å². The van der Waals surface area contributed by atoms with Crippen LogP contribution in [0.3, 0.4) is 0 Å². The van der Waals surface area contributed by atoms with Crippen LogP contribution < -0.4 is 5.32 Å². The van der Waals surface area contributed by atoms with Gasteiger partial charge in [0.25, 0.3) is 0 Å². The lowest BCUT2D eigenvalue weighted by Crippen LogP contribution is -2.55. The molecule has 1 saturated carbocycles. The minimum atomic E-state index is -0.172. The number of hydrogen-bond acceptors (Lipinski definition) is 3. The van der Waals surface area contributed by atoms with Crippen molar-refractivity contribution >= 4 is 29.1 Å². The molecule has 3 rings (SSSR count). The molecule has 0 saturated heterocycles. The van der Waals surface area contributed by atoms with E-state index in [0.29, 0.717) is 23.0 Å². The van der Waals surface area contributed by atoms with Crippen LogP contribution in [0.5, 0.6) is 0 Å². The third-order valence-electron chi connectivity index (χ3n) is 5.00. The zero-order valence-corrected chi connectivity index (χ0v) is 16.7. The van der Waals surface area contributed by atoms with Crippen LogP contribution >= 0.6 is 23.2 Å². The molecule has 1 aliphatic rings. The van der Waals surface area contributed by atoms with Crippen LogP contribution in [0, 0.1) is 13.8 Å². The van der Waals surface area contributed by atoms with Gasteiger partial charge in [0.05, 0.1) is 0 Å². The van der Waals surface area contributed by atoms with Crippen molar-refractivity contribution in [3.8, 4) is 0 Å². The SMILES string of the molecule is Cc1nc(C)n(CCCC(=O)NC2(Cc3ccc(Cl)cc3Cl)CCC2)n1. The second-order valence-corrected chi connectivity index (χ2v) is 7.97. The summed E-state index contributed by atoms with van der Waals surface area (Å²) < 4.78 is 1.86. The lowest BCUT2D eigenvalue weighted by molar-refractivity contribution is -0.124. The first-order valence-electron chi connectivity index (χ1n) is 9.00. The van der Waals surface area contributed by atoms with Crippen LogP contribution in [0.15, 0.2) is 18.2 Å². The van der Waals surface area contributed by atoms with E-state index >= 15 is 0 Å². The zero-order valence-electron chi connectivity index (χ0n) is 15.2. The van der Waals surface area contributed by atoms with Crippen molar-refractivity contribution < 1.29 is 4.79 Å². The number of hydrogen-bond donors (Lipinski definition) is 1. The fourth-order valence-corrected chi connectivity index (χ4v) is 3.98. The molecule has 7 heteroatoms. The number of aromatic nitrogens is 3. The summed E-state index contributed by atoms with van der Waals surface area (Å²) in [7, 11) is 0. The summed E-state index contributed by atoms with van der Waals surface area (Å²) in [6.45, 7) is 4.51. The third kappa shape index (κ3) is 4.57. The van der Waals surface area contributed by atoms with Crippen LogP contribution in [0.1, 0.15) is 49.3 Å². The van der Waals surface area contributed by atoms with E-state index in [9.17, 15) is 4.79 Å². The van der Waals surface area contributed by atoms with E-state index in [1.807, 2.05) is 30.7 Å². The Bertz CT molecular complexity index is 799. The number of rotatable bonds is 7. The minimum Gasteiger partial charge on any atom is -0.350 e. The van der Waals surface area contributed by atoms with Gasteiger partial charge in [0, 0.05) is 28.5 Å². The molecule has 0 radical (unpaired) electrons. The molecule has 0 unspecified atom stereocenters. The second kappa shape index (κ2) is 7.97. The van der Waals surface area contributed by atoms with Crippen molar-refractivity contribution in [2.24, 2.45) is 0 Å². The summed E-state index contributed by atoms with van der Waals surface area (Å²) >= 11 is 12.3. The Morgan fingerprint density at radius 1 is 1.31 bits per heavy atom. The molecule has 26 heavy (non-hydrogen) atoms. The maximum Gasteiger partial charge on any atom is 0.220 e. The van der Waals surface area contributed by atoms with Gasteiger partial charge in [-0.2, -0.15) is 5.10 Å². The van der Waals surface area contributed by atoms with Gasteiger partial charge in [-0.15, -0.1) is 0 Å². The first-order chi connectivity index (χ1) is 12.4. The number of carbonyl (C=O) groups is 1. The number of amides is 1. The summed E-state index contributed by atoms with van der Waals surface area (Å²) in [5.74, 6) is 1.74. The molecule has 0 atom stereocenters. The first kappa shape index (κ1) is 19.2. The molecule has 1 amide bonds. The summed E-state index contributed by atoms with van der Waals surface area (Å²) in [5.41, 5.74) is 0.860. The number of halogens is 2. The predicted octanol–water partition coefficient (Wildman–Crippen LogP) is 4.26.